The fourth-order valence-electron chi connectivity index (χ4n) is 12.4. The molecule has 6 aromatic heterocycles. The number of piperidine rings is 2. The first-order chi connectivity index (χ1) is 48.9. The van der Waals surface area contributed by atoms with Crippen LogP contribution in [0.15, 0.2) is 70.2 Å². The number of carboxylic acid groups (broad SMARTS) is 1. The van der Waals surface area contributed by atoms with Crippen LogP contribution < -0.4 is 21.7 Å². The van der Waals surface area contributed by atoms with E-state index in [9.17, 15) is 50.6 Å². The van der Waals surface area contributed by atoms with Crippen molar-refractivity contribution in [2.24, 2.45) is 17.6 Å². The molecule has 2 saturated heterocycles. The fraction of sp³-hybridized carbons (Fsp3) is 0.528. The van der Waals surface area contributed by atoms with E-state index in [1.807, 2.05) is 45.0 Å². The maximum Gasteiger partial charge on any atom is 0.419 e. The van der Waals surface area contributed by atoms with Gasteiger partial charge in [0, 0.05) is 132 Å². The number of amides is 3. The van der Waals surface area contributed by atoms with Crippen LogP contribution in [0, 0.1) is 39.5 Å². The average Bonchev–Trinajstić information content (AvgIpc) is 1.62. The third kappa shape index (κ3) is 21.2. The van der Waals surface area contributed by atoms with Gasteiger partial charge in [0.2, 0.25) is 17.8 Å². The third-order valence-corrected chi connectivity index (χ3v) is 20.8. The van der Waals surface area contributed by atoms with Crippen molar-refractivity contribution in [3.63, 3.8) is 0 Å². The second-order valence-electron chi connectivity index (χ2n) is 30.8. The summed E-state index contributed by atoms with van der Waals surface area (Å²) in [6, 6.07) is 11.5. The lowest BCUT2D eigenvalue weighted by Gasteiger charge is -2.38. The molecule has 572 valence electrons. The number of fused-ring (bicyclic) bond motifs is 2. The molecule has 3 amide bonds. The number of aromatic nitrogens is 8. The number of aliphatic carboxylic acids is 1. The van der Waals surface area contributed by atoms with Crippen molar-refractivity contribution < 1.29 is 78.6 Å². The lowest BCUT2D eigenvalue weighted by molar-refractivity contribution is -0.143. The van der Waals surface area contributed by atoms with Gasteiger partial charge in [-0.05, 0) is 124 Å². The van der Waals surface area contributed by atoms with E-state index in [0.29, 0.717) is 57.9 Å². The number of aryl methyl sites for hydroxylation is 4. The Kier molecular flexibility index (Phi) is 25.6. The van der Waals surface area contributed by atoms with E-state index >= 15 is 0 Å². The van der Waals surface area contributed by atoms with E-state index in [4.69, 9.17) is 28.0 Å². The fourth-order valence-corrected chi connectivity index (χ4v) is 13.9. The van der Waals surface area contributed by atoms with Crippen LogP contribution in [0.1, 0.15) is 88.4 Å². The maximum atomic E-state index is 14.6. The van der Waals surface area contributed by atoms with E-state index in [2.05, 4.69) is 91.2 Å². The highest BCUT2D eigenvalue weighted by Gasteiger charge is 2.42. The van der Waals surface area contributed by atoms with Gasteiger partial charge < -0.3 is 73.7 Å². The van der Waals surface area contributed by atoms with Gasteiger partial charge >= 0.3 is 30.5 Å². The smallest absolute Gasteiger partial charge is 0.419 e. The summed E-state index contributed by atoms with van der Waals surface area (Å²) in [6.07, 6.45) is -5.75. The minimum Gasteiger partial charge on any atom is -0.481 e. The Labute approximate surface area is 608 Å². The molecule has 0 unspecified atom stereocenters. The molecule has 0 bridgehead atoms. The number of nitrogens with zero attached hydrogens (tertiary/aromatic N) is 10. The molecule has 2 fully saturated rings. The molecule has 4 atom stereocenters. The molecule has 2 aromatic carbocycles. The predicted molar refractivity (Wildman–Crippen MR) is 393 cm³/mol. The summed E-state index contributed by atoms with van der Waals surface area (Å²) in [4.78, 5) is 70.3. The van der Waals surface area contributed by atoms with E-state index in [-0.39, 0.29) is 92.8 Å². The summed E-state index contributed by atoms with van der Waals surface area (Å²) in [6.45, 7) is 32.5. The Morgan fingerprint density at radius 1 is 0.600 bits per heavy atom. The number of likely N-dealkylation sites (tertiary alicyclic amines) is 2. The van der Waals surface area contributed by atoms with Crippen LogP contribution in [0.4, 0.5) is 47.8 Å². The highest BCUT2D eigenvalue weighted by atomic mass is 28.3. The quantitative estimate of drug-likeness (QED) is 0.0269. The van der Waals surface area contributed by atoms with Crippen molar-refractivity contribution in [2.45, 2.75) is 183 Å². The average molecular weight is 1510 g/mol. The molecule has 2 aliphatic rings. The number of anilines is 2. The second kappa shape index (κ2) is 32.8. The highest BCUT2D eigenvalue weighted by Crippen LogP contribution is 2.44. The van der Waals surface area contributed by atoms with Crippen molar-refractivity contribution in [2.75, 3.05) is 64.1 Å². The number of hydrogen-bond acceptors (Lipinski definition) is 19. The van der Waals surface area contributed by atoms with Gasteiger partial charge in [-0.15, -0.1) is 0 Å². The molecule has 8 aromatic rings. The van der Waals surface area contributed by atoms with Crippen molar-refractivity contribution in [3.05, 3.63) is 95.2 Å². The van der Waals surface area contributed by atoms with Crippen molar-refractivity contribution in [1.82, 2.24) is 54.5 Å². The van der Waals surface area contributed by atoms with Gasteiger partial charge in [-0.1, -0.05) is 73.9 Å². The second-order valence-corrected chi connectivity index (χ2v) is 42.0. The third-order valence-electron chi connectivity index (χ3n) is 17.4. The summed E-state index contributed by atoms with van der Waals surface area (Å²) >= 11 is 0. The Morgan fingerprint density at radius 3 is 1.31 bits per heavy atom. The molecule has 10 rings (SSSR count). The standard InChI is InChI=1S/C36H48F3N7O5Si.C35H45F3N6O6Si.CH5N/c1-21-30(22(2)51-44-21)23-10-11-26-27(19-46(29(26)15-23)20-49-12-13-52(7,8)9)31-28(36(37,38)39)16-41-33(43-31)42-25-14-24(32(47)40-6)17-45(18-25)34(48)50-35(3,4)5;1-20-29(21(2)50-42-20)22-9-10-25-26(18-44(28(25)14-22)19-48-11-12-51(6,7)8)30-27(35(36,37)38)15-39-32(41-30)40-24-13-23(31(45)46)16-43(17-24)33(47)49-34(3,4)5;1-2/h10-11,15-16,19,24-25H,12-14,17-18,20H2,1-9H3,(H,40,47)(H,41,42,43);9-10,14-15,18,23-24H,11-13,16-17,19H2,1-8H3,(H,45,46)(H,39,40,41);2H2,1H3/t24-,25+;23-,24+;/m11./s1. The molecule has 105 heavy (non-hydrogen) atoms. The SMILES string of the molecule is CN.CNC(=O)[C@@H]1C[C@H](Nc2ncc(C(F)(F)F)c(-c3cn(COCC[Si](C)(C)C)c4cc(-c5c(C)noc5C)ccc34)n2)CN(C(=O)OC(C)(C)C)C1.Cc1noc(C)c1-c1ccc2c(-c3nc(N[C@H]4C[C@@H](C(=O)O)CN(C(=O)OC(C)(C)C)C4)ncc3C(F)(F)F)cn(COCC[Si](C)(C)C)c2c1. The molecule has 0 radical (unpaired) electrons. The van der Waals surface area contributed by atoms with Gasteiger partial charge in [-0.25, -0.2) is 29.5 Å². The zero-order chi connectivity index (χ0) is 77.6. The first-order valence-electron chi connectivity index (χ1n) is 34.6. The monoisotopic (exact) mass is 1500 g/mol. The number of carboxylic acids is 1. The van der Waals surface area contributed by atoms with Gasteiger partial charge in [0.05, 0.1) is 45.6 Å². The van der Waals surface area contributed by atoms with Gasteiger partial charge in [0.15, 0.2) is 0 Å². The number of halogens is 6. The van der Waals surface area contributed by atoms with Crippen LogP contribution in [0.5, 0.6) is 0 Å². The number of ether oxygens (including phenoxy) is 4. The van der Waals surface area contributed by atoms with Crippen LogP contribution in [0.25, 0.3) is 66.6 Å². The molecule has 2 aliphatic heterocycles. The van der Waals surface area contributed by atoms with Crippen LogP contribution in [-0.2, 0) is 54.4 Å². The Morgan fingerprint density at radius 2 is 0.981 bits per heavy atom. The Balaban J connectivity index is 0.000000259. The Bertz CT molecular complexity index is 4360. The summed E-state index contributed by atoms with van der Waals surface area (Å²) in [7, 11) is 0.212. The van der Waals surface area contributed by atoms with Crippen LogP contribution in [0.3, 0.4) is 0 Å². The van der Waals surface area contributed by atoms with Crippen LogP contribution in [-0.4, -0.2) is 171 Å². The number of alkyl halides is 6. The molecule has 0 aliphatic carbocycles. The molecule has 25 nitrogen and oxygen atoms in total. The van der Waals surface area contributed by atoms with E-state index in [0.717, 1.165) is 46.7 Å². The summed E-state index contributed by atoms with van der Waals surface area (Å²) < 4.78 is 125. The molecule has 8 heterocycles. The first kappa shape index (κ1) is 81.7. The molecule has 6 N–H and O–H groups in total. The Hall–Kier alpha value is -8.93. The van der Waals surface area contributed by atoms with Crippen LogP contribution in [0.2, 0.25) is 51.4 Å². The van der Waals surface area contributed by atoms with E-state index < -0.39 is 92.9 Å². The van der Waals surface area contributed by atoms with Crippen molar-refractivity contribution >= 4 is 73.9 Å². The van der Waals surface area contributed by atoms with E-state index in [1.165, 1.54) is 23.9 Å². The molecule has 0 saturated carbocycles. The number of hydrogen-bond donors (Lipinski definition) is 5. The highest BCUT2D eigenvalue weighted by molar-refractivity contribution is 6.76. The number of carbonyl (C=O) groups excluding carboxylic acids is 3. The predicted octanol–water partition coefficient (Wildman–Crippen LogP) is 14.9. The largest absolute Gasteiger partial charge is 0.481 e. The minimum atomic E-state index is -4.79. The van der Waals surface area contributed by atoms with Gasteiger partial charge in [-0.2, -0.15) is 26.3 Å². The molecular weight excluding hydrogens is 1410 g/mol. The van der Waals surface area contributed by atoms with E-state index in [1.54, 1.807) is 82.1 Å². The first-order valence-corrected chi connectivity index (χ1v) is 42.0. The number of nitrogens with one attached hydrogen (secondary N) is 3. The summed E-state index contributed by atoms with van der Waals surface area (Å²) in [5.74, 6) is -1.90. The van der Waals surface area contributed by atoms with Gasteiger partial charge in [0.1, 0.15) is 47.3 Å². The normalized spacial score (nSPS) is 16.8. The van der Waals surface area contributed by atoms with Gasteiger partial charge in [0.25, 0.3) is 0 Å². The molecule has 33 heteroatoms. The topological polar surface area (TPSA) is 308 Å². The lowest BCUT2D eigenvalue weighted by Crippen LogP contribution is -2.53. The molecule has 0 spiro atoms. The summed E-state index contributed by atoms with van der Waals surface area (Å²) in [5.41, 5.74) is 6.50. The van der Waals surface area contributed by atoms with Crippen molar-refractivity contribution in [1.29, 1.82) is 0 Å². The zero-order valence-electron chi connectivity index (χ0n) is 62.9. The number of rotatable bonds is 20. The number of carbonyl (C=O) groups is 4. The molecular formula is C72H98F6N14O11Si2. The van der Waals surface area contributed by atoms with Crippen LogP contribution >= 0.6 is 0 Å². The van der Waals surface area contributed by atoms with Gasteiger partial charge in [-0.3, -0.25) is 9.59 Å². The number of nitrogens with two attached hydrogens (primary N) is 1. The maximum absolute atomic E-state index is 14.6. The summed E-state index contributed by atoms with van der Waals surface area (Å²) in [5, 5.41) is 27.7. The zero-order valence-corrected chi connectivity index (χ0v) is 64.9. The number of benzene rings is 2. The lowest BCUT2D eigenvalue weighted by atomic mass is 9.93. The van der Waals surface area contributed by atoms with Crippen molar-refractivity contribution in [3.8, 4) is 44.8 Å². The minimum absolute atomic E-state index is 0.0386.